The molecule has 0 saturated carbocycles. The molecule has 1 aliphatic heterocycles. The van der Waals surface area contributed by atoms with Crippen molar-refractivity contribution in [1.82, 2.24) is 0 Å². The van der Waals surface area contributed by atoms with Gasteiger partial charge in [-0.15, -0.1) is 0 Å². The van der Waals surface area contributed by atoms with E-state index in [4.69, 9.17) is 25.8 Å². The molecule has 0 fully saturated rings. The molecule has 0 N–H and O–H groups in total. The van der Waals surface area contributed by atoms with Crippen LogP contribution in [0.1, 0.15) is 16.7 Å². The summed E-state index contributed by atoms with van der Waals surface area (Å²) in [6.07, 6.45) is 1.49. The Morgan fingerprint density at radius 2 is 1.91 bits per heavy atom. The zero-order valence-corrected chi connectivity index (χ0v) is 19.1. The topological polar surface area (TPSA) is 57.1 Å². The molecule has 32 heavy (non-hydrogen) atoms. The quantitative estimate of drug-likeness (QED) is 0.290. The minimum absolute atomic E-state index is 0.0169. The van der Waals surface area contributed by atoms with E-state index in [9.17, 15) is 9.18 Å². The van der Waals surface area contributed by atoms with Crippen LogP contribution in [0.2, 0.25) is 5.02 Å². The van der Waals surface area contributed by atoms with Crippen molar-refractivity contribution in [3.63, 3.8) is 0 Å². The molecule has 0 amide bonds. The third-order valence-electron chi connectivity index (χ3n) is 4.61. The number of carbonyl (C=O) groups excluding carboxylic acids is 1. The molecule has 162 valence electrons. The molecule has 0 spiro atoms. The lowest BCUT2D eigenvalue weighted by molar-refractivity contribution is -0.129. The summed E-state index contributed by atoms with van der Waals surface area (Å²) in [5.41, 5.74) is 1.62. The van der Waals surface area contributed by atoms with E-state index in [1.165, 1.54) is 25.3 Å². The van der Waals surface area contributed by atoms with Crippen LogP contribution in [-0.4, -0.2) is 19.0 Å². The van der Waals surface area contributed by atoms with Crippen molar-refractivity contribution >= 4 is 45.5 Å². The third-order valence-corrected chi connectivity index (χ3v) is 5.66. The fraction of sp³-hybridized carbons (Fsp3) is 0.0833. The Morgan fingerprint density at radius 1 is 1.16 bits per heavy atom. The number of esters is 1. The molecule has 0 radical (unpaired) electrons. The lowest BCUT2D eigenvalue weighted by Gasteiger charge is -2.14. The average molecular weight is 517 g/mol. The second-order valence-corrected chi connectivity index (χ2v) is 7.99. The summed E-state index contributed by atoms with van der Waals surface area (Å²) in [7, 11) is 1.49. The molecule has 0 aliphatic carbocycles. The standard InChI is InChI=1S/C24H16BrClFNO4/c1-30-21-12-14(10-18(26)22(21)31-13-15-6-2-4-8-17(15)25)11-20-24(29)32-23(28-20)16-7-3-5-9-19(16)27/h2-12H,13H2,1H3/b20-11-. The van der Waals surface area contributed by atoms with Gasteiger partial charge in [-0.1, -0.05) is 57.9 Å². The molecule has 4 rings (SSSR count). The van der Waals surface area contributed by atoms with Crippen LogP contribution in [0.15, 0.2) is 75.8 Å². The summed E-state index contributed by atoms with van der Waals surface area (Å²) in [5, 5.41) is 0.299. The van der Waals surface area contributed by atoms with Gasteiger partial charge < -0.3 is 14.2 Å². The minimum Gasteiger partial charge on any atom is -0.493 e. The number of nitrogens with zero attached hydrogens (tertiary/aromatic N) is 1. The highest BCUT2D eigenvalue weighted by Crippen LogP contribution is 2.38. The number of hydrogen-bond acceptors (Lipinski definition) is 5. The predicted molar refractivity (Wildman–Crippen MR) is 123 cm³/mol. The molecule has 0 unspecified atom stereocenters. The van der Waals surface area contributed by atoms with Gasteiger partial charge in [0.2, 0.25) is 5.90 Å². The number of hydrogen-bond donors (Lipinski definition) is 0. The van der Waals surface area contributed by atoms with Crippen molar-refractivity contribution in [2.24, 2.45) is 4.99 Å². The maximum Gasteiger partial charge on any atom is 0.363 e. The van der Waals surface area contributed by atoms with E-state index in [-0.39, 0.29) is 23.8 Å². The first kappa shape index (κ1) is 22.0. The SMILES string of the molecule is COc1cc(/C=C2\N=C(c3ccccc3F)OC2=O)cc(Cl)c1OCc1ccccc1Br. The number of benzene rings is 3. The molecular weight excluding hydrogens is 501 g/mol. The van der Waals surface area contributed by atoms with E-state index >= 15 is 0 Å². The highest BCUT2D eigenvalue weighted by molar-refractivity contribution is 9.10. The van der Waals surface area contributed by atoms with Crippen molar-refractivity contribution in [3.05, 3.63) is 98.4 Å². The monoisotopic (exact) mass is 515 g/mol. The van der Waals surface area contributed by atoms with Crippen LogP contribution in [0.3, 0.4) is 0 Å². The smallest absolute Gasteiger partial charge is 0.363 e. The van der Waals surface area contributed by atoms with E-state index in [0.717, 1.165) is 10.0 Å². The zero-order chi connectivity index (χ0) is 22.7. The highest BCUT2D eigenvalue weighted by atomic mass is 79.9. The Balaban J connectivity index is 1.61. The summed E-state index contributed by atoms with van der Waals surface area (Å²) in [5.74, 6) is -0.548. The van der Waals surface area contributed by atoms with E-state index in [0.29, 0.717) is 22.1 Å². The van der Waals surface area contributed by atoms with Crippen LogP contribution in [0.5, 0.6) is 11.5 Å². The maximum absolute atomic E-state index is 14.0. The molecule has 1 heterocycles. The van der Waals surface area contributed by atoms with Crippen LogP contribution < -0.4 is 9.47 Å². The fourth-order valence-corrected chi connectivity index (χ4v) is 3.72. The molecule has 0 saturated heterocycles. The van der Waals surface area contributed by atoms with E-state index in [1.54, 1.807) is 24.3 Å². The van der Waals surface area contributed by atoms with Crippen molar-refractivity contribution in [2.45, 2.75) is 6.61 Å². The van der Waals surface area contributed by atoms with Crippen molar-refractivity contribution in [1.29, 1.82) is 0 Å². The molecule has 3 aromatic rings. The lowest BCUT2D eigenvalue weighted by atomic mass is 10.1. The van der Waals surface area contributed by atoms with Gasteiger partial charge >= 0.3 is 5.97 Å². The van der Waals surface area contributed by atoms with Gasteiger partial charge in [0.05, 0.1) is 17.7 Å². The van der Waals surface area contributed by atoms with Crippen LogP contribution in [0, 0.1) is 5.82 Å². The Labute approximate surface area is 197 Å². The first-order valence-electron chi connectivity index (χ1n) is 9.47. The number of cyclic esters (lactones) is 1. The van der Waals surface area contributed by atoms with Gasteiger partial charge in [-0.25, -0.2) is 14.2 Å². The number of methoxy groups -OCH3 is 1. The molecule has 8 heteroatoms. The van der Waals surface area contributed by atoms with Crippen LogP contribution in [-0.2, 0) is 16.1 Å². The third kappa shape index (κ3) is 4.69. The second kappa shape index (κ2) is 9.54. The van der Waals surface area contributed by atoms with Gasteiger partial charge in [0, 0.05) is 10.0 Å². The Morgan fingerprint density at radius 3 is 2.66 bits per heavy atom. The molecule has 0 aromatic heterocycles. The fourth-order valence-electron chi connectivity index (χ4n) is 3.05. The van der Waals surface area contributed by atoms with Crippen molar-refractivity contribution in [3.8, 4) is 11.5 Å². The normalized spacial score (nSPS) is 14.3. The first-order chi connectivity index (χ1) is 15.5. The second-order valence-electron chi connectivity index (χ2n) is 6.73. The van der Waals surface area contributed by atoms with Crippen molar-refractivity contribution in [2.75, 3.05) is 7.11 Å². The largest absolute Gasteiger partial charge is 0.493 e. The number of aliphatic imine (C=N–C) groups is 1. The van der Waals surface area contributed by atoms with Crippen LogP contribution >= 0.6 is 27.5 Å². The lowest BCUT2D eigenvalue weighted by Crippen LogP contribution is -2.07. The zero-order valence-electron chi connectivity index (χ0n) is 16.8. The maximum atomic E-state index is 14.0. The number of halogens is 3. The van der Waals surface area contributed by atoms with Gasteiger partial charge in [-0.3, -0.25) is 0 Å². The van der Waals surface area contributed by atoms with Gasteiger partial charge in [0.25, 0.3) is 0 Å². The molecule has 0 atom stereocenters. The van der Waals surface area contributed by atoms with Gasteiger partial charge in [0.15, 0.2) is 17.2 Å². The highest BCUT2D eigenvalue weighted by Gasteiger charge is 2.26. The Hall–Kier alpha value is -3.16. The first-order valence-corrected chi connectivity index (χ1v) is 10.6. The molecular formula is C24H16BrClFNO4. The number of rotatable bonds is 6. The number of ether oxygens (including phenoxy) is 3. The number of carbonyl (C=O) groups is 1. The van der Waals surface area contributed by atoms with E-state index in [2.05, 4.69) is 20.9 Å². The molecule has 1 aliphatic rings. The van der Waals surface area contributed by atoms with Crippen LogP contribution in [0.4, 0.5) is 4.39 Å². The van der Waals surface area contributed by atoms with E-state index in [1.807, 2.05) is 24.3 Å². The summed E-state index contributed by atoms with van der Waals surface area (Å²) < 4.78 is 31.4. The summed E-state index contributed by atoms with van der Waals surface area (Å²) in [6, 6.07) is 16.9. The van der Waals surface area contributed by atoms with Gasteiger partial charge in [0.1, 0.15) is 12.4 Å². The van der Waals surface area contributed by atoms with Gasteiger partial charge in [-0.05, 0) is 42.0 Å². The Bertz CT molecular complexity index is 1260. The Kier molecular flexibility index (Phi) is 6.58. The van der Waals surface area contributed by atoms with Crippen molar-refractivity contribution < 1.29 is 23.4 Å². The molecule has 0 bridgehead atoms. The van der Waals surface area contributed by atoms with Crippen LogP contribution in [0.25, 0.3) is 6.08 Å². The minimum atomic E-state index is -0.687. The summed E-state index contributed by atoms with van der Waals surface area (Å²) >= 11 is 9.92. The van der Waals surface area contributed by atoms with Gasteiger partial charge in [-0.2, -0.15) is 0 Å². The average Bonchev–Trinajstić information content (AvgIpc) is 3.14. The molecule has 5 nitrogen and oxygen atoms in total. The summed E-state index contributed by atoms with van der Waals surface area (Å²) in [6.45, 7) is 0.278. The predicted octanol–water partition coefficient (Wildman–Crippen LogP) is 6.17. The summed E-state index contributed by atoms with van der Waals surface area (Å²) in [4.78, 5) is 16.4. The molecule has 3 aromatic carbocycles. The van der Waals surface area contributed by atoms with E-state index < -0.39 is 11.8 Å².